The van der Waals surface area contributed by atoms with Gasteiger partial charge in [-0.25, -0.2) is 0 Å². The summed E-state index contributed by atoms with van der Waals surface area (Å²) < 4.78 is 6.19. The zero-order chi connectivity index (χ0) is 12.2. The highest BCUT2D eigenvalue weighted by Gasteiger charge is 2.33. The van der Waals surface area contributed by atoms with Gasteiger partial charge in [-0.1, -0.05) is 6.42 Å². The van der Waals surface area contributed by atoms with Gasteiger partial charge in [-0.05, 0) is 70.6 Å². The Balaban J connectivity index is 1.30. The maximum absolute atomic E-state index is 6.19. The molecule has 0 bridgehead atoms. The summed E-state index contributed by atoms with van der Waals surface area (Å²) >= 11 is 0. The van der Waals surface area contributed by atoms with Crippen molar-refractivity contribution in [2.75, 3.05) is 32.7 Å². The lowest BCUT2D eigenvalue weighted by molar-refractivity contribution is -0.0895. The lowest BCUT2D eigenvalue weighted by Crippen LogP contribution is -2.44. The Hall–Kier alpha value is -0.120. The van der Waals surface area contributed by atoms with Crippen molar-refractivity contribution < 1.29 is 4.74 Å². The molecule has 2 saturated heterocycles. The Labute approximate surface area is 111 Å². The number of hydrogen-bond acceptors (Lipinski definition) is 3. The minimum atomic E-state index is 0.548. The van der Waals surface area contributed by atoms with Crippen LogP contribution in [0.5, 0.6) is 0 Å². The highest BCUT2D eigenvalue weighted by Crippen LogP contribution is 2.33. The van der Waals surface area contributed by atoms with Crippen LogP contribution >= 0.6 is 0 Å². The number of piperidine rings is 2. The molecule has 0 aromatic rings. The van der Waals surface area contributed by atoms with Crippen molar-refractivity contribution in [3.05, 3.63) is 0 Å². The Morgan fingerprint density at radius 1 is 0.944 bits per heavy atom. The summed E-state index contributed by atoms with van der Waals surface area (Å²) in [6, 6.07) is 0. The zero-order valence-electron chi connectivity index (χ0n) is 11.6. The van der Waals surface area contributed by atoms with Crippen LogP contribution in [0.15, 0.2) is 0 Å². The second-order valence-corrected chi connectivity index (χ2v) is 6.41. The summed E-state index contributed by atoms with van der Waals surface area (Å²) in [6.07, 6.45) is 10.5. The van der Waals surface area contributed by atoms with E-state index in [0.29, 0.717) is 12.2 Å². The first-order chi connectivity index (χ1) is 8.90. The predicted octanol–water partition coefficient (Wildman–Crippen LogP) is 2.02. The Morgan fingerprint density at radius 3 is 2.39 bits per heavy atom. The van der Waals surface area contributed by atoms with Crippen LogP contribution in [0.4, 0.5) is 0 Å². The first kappa shape index (κ1) is 12.9. The fraction of sp³-hybridized carbons (Fsp3) is 1.00. The fourth-order valence-corrected chi connectivity index (χ4v) is 3.65. The van der Waals surface area contributed by atoms with Gasteiger partial charge in [0, 0.05) is 6.54 Å². The molecule has 1 aliphatic carbocycles. The number of nitrogens with one attached hydrogen (secondary N) is 1. The molecule has 0 radical (unpaired) electrons. The Bertz CT molecular complexity index is 217. The van der Waals surface area contributed by atoms with E-state index in [1.165, 1.54) is 64.6 Å². The molecule has 3 nitrogen and oxygen atoms in total. The van der Waals surface area contributed by atoms with Crippen molar-refractivity contribution in [2.24, 2.45) is 5.92 Å². The highest BCUT2D eigenvalue weighted by molar-refractivity contribution is 4.85. The lowest BCUT2D eigenvalue weighted by atomic mass is 9.81. The smallest absolute Gasteiger partial charge is 0.0603 e. The molecule has 0 unspecified atom stereocenters. The van der Waals surface area contributed by atoms with Crippen molar-refractivity contribution in [3.63, 3.8) is 0 Å². The maximum atomic E-state index is 6.19. The zero-order valence-corrected chi connectivity index (χ0v) is 11.6. The van der Waals surface area contributed by atoms with E-state index < -0.39 is 0 Å². The van der Waals surface area contributed by atoms with E-state index >= 15 is 0 Å². The van der Waals surface area contributed by atoms with E-state index in [9.17, 15) is 0 Å². The lowest BCUT2D eigenvalue weighted by Gasteiger charge is -2.41. The van der Waals surface area contributed by atoms with Gasteiger partial charge >= 0.3 is 0 Å². The Morgan fingerprint density at radius 2 is 1.67 bits per heavy atom. The third-order valence-electron chi connectivity index (χ3n) is 4.83. The molecule has 2 aliphatic heterocycles. The SMILES string of the molecule is C1CCN(CC2CC(OC3CCNCC3)C2)CC1. The van der Waals surface area contributed by atoms with Crippen LogP contribution in [-0.2, 0) is 4.74 Å². The van der Waals surface area contributed by atoms with Crippen molar-refractivity contribution in [2.45, 2.75) is 57.2 Å². The highest BCUT2D eigenvalue weighted by atomic mass is 16.5. The molecular weight excluding hydrogens is 224 g/mol. The van der Waals surface area contributed by atoms with Gasteiger partial charge in [0.2, 0.25) is 0 Å². The standard InChI is InChI=1S/C15H28N2O/c1-2-8-17(9-3-1)12-13-10-15(11-13)18-14-4-6-16-7-5-14/h13-16H,1-12H2. The van der Waals surface area contributed by atoms with Crippen molar-refractivity contribution >= 4 is 0 Å². The van der Waals surface area contributed by atoms with Gasteiger partial charge in [0.05, 0.1) is 12.2 Å². The molecule has 0 spiro atoms. The predicted molar refractivity (Wildman–Crippen MR) is 73.8 cm³/mol. The number of nitrogens with zero attached hydrogens (tertiary/aromatic N) is 1. The van der Waals surface area contributed by atoms with E-state index in [-0.39, 0.29) is 0 Å². The quantitative estimate of drug-likeness (QED) is 0.828. The van der Waals surface area contributed by atoms with Gasteiger partial charge in [0.25, 0.3) is 0 Å². The molecule has 1 saturated carbocycles. The molecule has 0 atom stereocenters. The molecule has 0 aromatic heterocycles. The van der Waals surface area contributed by atoms with Crippen LogP contribution in [0.3, 0.4) is 0 Å². The average molecular weight is 252 g/mol. The minimum absolute atomic E-state index is 0.548. The molecule has 0 aromatic carbocycles. The fourth-order valence-electron chi connectivity index (χ4n) is 3.65. The third kappa shape index (κ3) is 3.46. The van der Waals surface area contributed by atoms with Crippen molar-refractivity contribution in [1.29, 1.82) is 0 Å². The van der Waals surface area contributed by atoms with Gasteiger partial charge in [-0.2, -0.15) is 0 Å². The number of rotatable bonds is 4. The monoisotopic (exact) mass is 252 g/mol. The minimum Gasteiger partial charge on any atom is -0.375 e. The van der Waals surface area contributed by atoms with Crippen molar-refractivity contribution in [3.8, 4) is 0 Å². The molecule has 3 rings (SSSR count). The number of ether oxygens (including phenoxy) is 1. The van der Waals surface area contributed by atoms with Gasteiger partial charge in [0.1, 0.15) is 0 Å². The van der Waals surface area contributed by atoms with Gasteiger partial charge < -0.3 is 15.0 Å². The van der Waals surface area contributed by atoms with E-state index in [2.05, 4.69) is 10.2 Å². The van der Waals surface area contributed by atoms with Gasteiger partial charge in [-0.15, -0.1) is 0 Å². The molecular formula is C15H28N2O. The molecule has 1 N–H and O–H groups in total. The molecule has 3 heteroatoms. The van der Waals surface area contributed by atoms with Gasteiger partial charge in [0.15, 0.2) is 0 Å². The summed E-state index contributed by atoms with van der Waals surface area (Å²) in [5, 5.41) is 3.40. The van der Waals surface area contributed by atoms with E-state index in [1.807, 2.05) is 0 Å². The van der Waals surface area contributed by atoms with E-state index in [4.69, 9.17) is 4.74 Å². The number of likely N-dealkylation sites (tertiary alicyclic amines) is 1. The maximum Gasteiger partial charge on any atom is 0.0603 e. The summed E-state index contributed by atoms with van der Waals surface area (Å²) in [4.78, 5) is 2.68. The topological polar surface area (TPSA) is 24.5 Å². The van der Waals surface area contributed by atoms with Crippen LogP contribution in [0.2, 0.25) is 0 Å². The first-order valence-electron chi connectivity index (χ1n) is 7.98. The van der Waals surface area contributed by atoms with Crippen molar-refractivity contribution in [1.82, 2.24) is 10.2 Å². The van der Waals surface area contributed by atoms with Crippen LogP contribution in [0.25, 0.3) is 0 Å². The van der Waals surface area contributed by atoms with E-state index in [1.54, 1.807) is 0 Å². The molecule has 2 heterocycles. The second kappa shape index (κ2) is 6.36. The van der Waals surface area contributed by atoms with Gasteiger partial charge in [-0.3, -0.25) is 0 Å². The second-order valence-electron chi connectivity index (χ2n) is 6.41. The van der Waals surface area contributed by atoms with Crippen LogP contribution in [-0.4, -0.2) is 49.8 Å². The third-order valence-corrected chi connectivity index (χ3v) is 4.83. The average Bonchev–Trinajstić information content (AvgIpc) is 2.39. The van der Waals surface area contributed by atoms with Crippen LogP contribution in [0.1, 0.15) is 44.9 Å². The van der Waals surface area contributed by atoms with E-state index in [0.717, 1.165) is 19.0 Å². The molecule has 3 fully saturated rings. The molecule has 0 amide bonds. The Kier molecular flexibility index (Phi) is 4.55. The summed E-state index contributed by atoms with van der Waals surface area (Å²) in [7, 11) is 0. The summed E-state index contributed by atoms with van der Waals surface area (Å²) in [6.45, 7) is 6.32. The molecule has 3 aliphatic rings. The summed E-state index contributed by atoms with van der Waals surface area (Å²) in [5.74, 6) is 0.926. The molecule has 104 valence electrons. The van der Waals surface area contributed by atoms with Crippen LogP contribution in [0, 0.1) is 5.92 Å². The number of hydrogen-bond donors (Lipinski definition) is 1. The largest absolute Gasteiger partial charge is 0.375 e. The molecule has 18 heavy (non-hydrogen) atoms. The van der Waals surface area contributed by atoms with Crippen LogP contribution < -0.4 is 5.32 Å². The first-order valence-corrected chi connectivity index (χ1v) is 7.98. The normalized spacial score (nSPS) is 35.3. The summed E-state index contributed by atoms with van der Waals surface area (Å²) in [5.41, 5.74) is 0.